The molecule has 0 aliphatic rings. The molecule has 0 heterocycles. The van der Waals surface area contributed by atoms with Gasteiger partial charge < -0.3 is 20.9 Å². The third kappa shape index (κ3) is 5.43. The molecule has 0 aliphatic carbocycles. The van der Waals surface area contributed by atoms with E-state index in [0.717, 1.165) is 11.5 Å². The molecule has 120 valence electrons. The van der Waals surface area contributed by atoms with Crippen molar-refractivity contribution in [1.29, 1.82) is 0 Å². The van der Waals surface area contributed by atoms with Gasteiger partial charge in [-0.25, -0.2) is 4.99 Å². The van der Waals surface area contributed by atoms with Crippen molar-refractivity contribution < 1.29 is 9.59 Å². The molecular weight excluding hydrogens is 282 g/mol. The quantitative estimate of drug-likeness (QED) is 0.586. The maximum Gasteiger partial charge on any atom is 0.251 e. The van der Waals surface area contributed by atoms with E-state index in [2.05, 4.69) is 10.3 Å². The molecule has 0 fully saturated rings. The second kappa shape index (κ2) is 8.02. The smallest absolute Gasteiger partial charge is 0.251 e. The maximum atomic E-state index is 11.7. The zero-order chi connectivity index (χ0) is 16.7. The van der Waals surface area contributed by atoms with Crippen LogP contribution in [0.4, 0.5) is 0 Å². The van der Waals surface area contributed by atoms with Crippen LogP contribution < -0.4 is 11.1 Å². The number of primary amides is 1. The highest BCUT2D eigenvalue weighted by Gasteiger charge is 2.07. The van der Waals surface area contributed by atoms with E-state index in [1.54, 1.807) is 12.1 Å². The first kappa shape index (κ1) is 17.5. The Balaban J connectivity index is 2.71. The summed E-state index contributed by atoms with van der Waals surface area (Å²) in [7, 11) is 7.74. The first-order valence-corrected chi connectivity index (χ1v) is 6.85. The van der Waals surface area contributed by atoms with Crippen LogP contribution in [0.15, 0.2) is 29.3 Å². The number of carbonyl (C=O) groups excluding carboxylic acids is 2. The van der Waals surface area contributed by atoms with E-state index >= 15 is 0 Å². The van der Waals surface area contributed by atoms with Crippen molar-refractivity contribution in [3.63, 3.8) is 0 Å². The van der Waals surface area contributed by atoms with Crippen molar-refractivity contribution in [2.75, 3.05) is 34.7 Å². The number of carbonyl (C=O) groups is 2. The summed E-state index contributed by atoms with van der Waals surface area (Å²) < 4.78 is 0. The summed E-state index contributed by atoms with van der Waals surface area (Å²) in [6, 6.07) is 7.08. The van der Waals surface area contributed by atoms with Gasteiger partial charge in [0.25, 0.3) is 5.91 Å². The molecule has 0 saturated carbocycles. The zero-order valence-electron chi connectivity index (χ0n) is 13.5. The fourth-order valence-electron chi connectivity index (χ4n) is 1.88. The molecule has 0 aromatic heterocycles. The largest absolute Gasteiger partial charge is 0.368 e. The van der Waals surface area contributed by atoms with Crippen molar-refractivity contribution in [3.8, 4) is 0 Å². The zero-order valence-corrected chi connectivity index (χ0v) is 13.5. The summed E-state index contributed by atoms with van der Waals surface area (Å²) in [5.41, 5.74) is 6.46. The molecular formula is C15H23N5O2. The minimum absolute atomic E-state index is 0.167. The lowest BCUT2D eigenvalue weighted by Gasteiger charge is -2.22. The average Bonchev–Trinajstić information content (AvgIpc) is 2.44. The number of nitrogens with two attached hydrogens (primary N) is 1. The highest BCUT2D eigenvalue weighted by molar-refractivity contribution is 5.96. The Labute approximate surface area is 130 Å². The molecule has 1 rings (SSSR count). The second-order valence-corrected chi connectivity index (χ2v) is 5.25. The van der Waals surface area contributed by atoms with Gasteiger partial charge in [0.2, 0.25) is 5.91 Å². The van der Waals surface area contributed by atoms with Crippen LogP contribution in [-0.4, -0.2) is 62.3 Å². The highest BCUT2D eigenvalue weighted by atomic mass is 16.2. The maximum absolute atomic E-state index is 11.7. The van der Waals surface area contributed by atoms with Crippen LogP contribution in [0, 0.1) is 0 Å². The molecule has 7 nitrogen and oxygen atoms in total. The number of aliphatic imine (C=N–C) groups is 1. The van der Waals surface area contributed by atoms with Crippen LogP contribution in [0.5, 0.6) is 0 Å². The first-order valence-electron chi connectivity index (χ1n) is 6.85. The predicted molar refractivity (Wildman–Crippen MR) is 86.5 cm³/mol. The molecule has 22 heavy (non-hydrogen) atoms. The molecule has 0 bridgehead atoms. The van der Waals surface area contributed by atoms with Crippen molar-refractivity contribution >= 4 is 17.8 Å². The Kier molecular flexibility index (Phi) is 6.37. The molecule has 1 aromatic rings. The van der Waals surface area contributed by atoms with E-state index in [-0.39, 0.29) is 12.5 Å². The molecule has 2 amide bonds. The van der Waals surface area contributed by atoms with Gasteiger partial charge in [-0.05, 0) is 17.7 Å². The van der Waals surface area contributed by atoms with E-state index in [4.69, 9.17) is 5.73 Å². The molecule has 0 atom stereocenters. The topological polar surface area (TPSA) is 91.0 Å². The Morgan fingerprint density at radius 1 is 1.09 bits per heavy atom. The molecule has 7 heteroatoms. The highest BCUT2D eigenvalue weighted by Crippen LogP contribution is 2.06. The molecule has 0 unspecified atom stereocenters. The van der Waals surface area contributed by atoms with Crippen molar-refractivity contribution in [2.24, 2.45) is 10.7 Å². The first-order chi connectivity index (χ1) is 10.3. The van der Waals surface area contributed by atoms with Crippen molar-refractivity contribution in [2.45, 2.75) is 6.54 Å². The van der Waals surface area contributed by atoms with Gasteiger partial charge in [-0.15, -0.1) is 0 Å². The van der Waals surface area contributed by atoms with Crippen molar-refractivity contribution in [3.05, 3.63) is 35.4 Å². The van der Waals surface area contributed by atoms with Gasteiger partial charge in [0.15, 0.2) is 5.96 Å². The number of hydrogen-bond acceptors (Lipinski definition) is 3. The van der Waals surface area contributed by atoms with Gasteiger partial charge in [-0.3, -0.25) is 9.59 Å². The van der Waals surface area contributed by atoms with Crippen LogP contribution in [0.25, 0.3) is 0 Å². The fourth-order valence-corrected chi connectivity index (χ4v) is 1.88. The third-order valence-corrected chi connectivity index (χ3v) is 2.84. The second-order valence-electron chi connectivity index (χ2n) is 5.25. The Morgan fingerprint density at radius 3 is 2.09 bits per heavy atom. The van der Waals surface area contributed by atoms with Gasteiger partial charge >= 0.3 is 0 Å². The molecule has 1 aromatic carbocycles. The van der Waals surface area contributed by atoms with E-state index < -0.39 is 5.91 Å². The Morgan fingerprint density at radius 2 is 1.64 bits per heavy atom. The van der Waals surface area contributed by atoms with Crippen LogP contribution in [0.2, 0.25) is 0 Å². The minimum Gasteiger partial charge on any atom is -0.368 e. The number of hydrogen-bond donors (Lipinski definition) is 2. The molecule has 3 N–H and O–H groups in total. The summed E-state index contributed by atoms with van der Waals surface area (Å²) in [4.78, 5) is 30.8. The number of rotatable bonds is 5. The van der Waals surface area contributed by atoms with Gasteiger partial charge in [0.1, 0.15) is 0 Å². The summed E-state index contributed by atoms with van der Waals surface area (Å²) in [5, 5.41) is 2.44. The number of guanidine groups is 1. The summed E-state index contributed by atoms with van der Waals surface area (Å²) in [6.07, 6.45) is 0. The van der Waals surface area contributed by atoms with Crippen LogP contribution in [0.1, 0.15) is 15.9 Å². The van der Waals surface area contributed by atoms with Crippen LogP contribution in [-0.2, 0) is 11.3 Å². The minimum atomic E-state index is -0.570. The summed E-state index contributed by atoms with van der Waals surface area (Å²) in [5.74, 6) is -0.0291. The lowest BCUT2D eigenvalue weighted by atomic mass is 10.1. The lowest BCUT2D eigenvalue weighted by molar-refractivity contribution is -0.117. The normalized spacial score (nSPS) is 9.82. The van der Waals surface area contributed by atoms with Crippen molar-refractivity contribution in [1.82, 2.24) is 15.1 Å². The summed E-state index contributed by atoms with van der Waals surface area (Å²) in [6.45, 7) is 0.356. The van der Waals surface area contributed by atoms with Gasteiger partial charge in [0.05, 0.1) is 13.1 Å². The number of nitrogens with one attached hydrogen (secondary N) is 1. The molecule has 0 saturated heterocycles. The number of amides is 2. The lowest BCUT2D eigenvalue weighted by Crippen LogP contribution is -2.35. The predicted octanol–water partition coefficient (Wildman–Crippen LogP) is -0.119. The monoisotopic (exact) mass is 305 g/mol. The van der Waals surface area contributed by atoms with Gasteiger partial charge in [0, 0.05) is 33.8 Å². The SMILES string of the molecule is CN(C)C(=NCc1ccc(C(=O)NCC(N)=O)cc1)N(C)C. The van der Waals surface area contributed by atoms with Gasteiger partial charge in [-0.1, -0.05) is 12.1 Å². The van der Waals surface area contributed by atoms with Gasteiger partial charge in [-0.2, -0.15) is 0 Å². The van der Waals surface area contributed by atoms with Crippen LogP contribution >= 0.6 is 0 Å². The molecule has 0 aliphatic heterocycles. The summed E-state index contributed by atoms with van der Waals surface area (Å²) >= 11 is 0. The number of benzene rings is 1. The third-order valence-electron chi connectivity index (χ3n) is 2.84. The Hall–Kier alpha value is -2.57. The average molecular weight is 305 g/mol. The fraction of sp³-hybridized carbons (Fsp3) is 0.400. The van der Waals surface area contributed by atoms with E-state index in [1.165, 1.54) is 0 Å². The Bertz CT molecular complexity index is 540. The standard InChI is InChI=1S/C15H23N5O2/c1-19(2)15(20(3)4)18-9-11-5-7-12(8-6-11)14(22)17-10-13(16)21/h5-8H,9-10H2,1-4H3,(H2,16,21)(H,17,22). The van der Waals surface area contributed by atoms with Crippen LogP contribution in [0.3, 0.4) is 0 Å². The molecule has 0 radical (unpaired) electrons. The van der Waals surface area contributed by atoms with E-state index in [0.29, 0.717) is 12.1 Å². The van der Waals surface area contributed by atoms with E-state index in [1.807, 2.05) is 50.1 Å². The molecule has 0 spiro atoms. The van der Waals surface area contributed by atoms with E-state index in [9.17, 15) is 9.59 Å². The number of nitrogens with zero attached hydrogens (tertiary/aromatic N) is 3.